The summed E-state index contributed by atoms with van der Waals surface area (Å²) in [6.07, 6.45) is 5.84. The molecule has 1 N–H and O–H groups in total. The van der Waals surface area contributed by atoms with Gasteiger partial charge < -0.3 is 5.32 Å². The van der Waals surface area contributed by atoms with E-state index in [2.05, 4.69) is 32.9 Å². The van der Waals surface area contributed by atoms with Crippen molar-refractivity contribution in [2.75, 3.05) is 5.32 Å². The standard InChI is InChI=1S/C18H21N7O/c1-12-9-20-25(13(2)15-7-8-15)17(12)21-18(26)16-5-3-14(4-6-16)10-24-11-19-22-23-24/h3-6,9,11,13,15H,7-8,10H2,1-2H3,(H,21,26)/t13-/m1/s1. The number of hydrogen-bond donors (Lipinski definition) is 1. The molecule has 0 bridgehead atoms. The van der Waals surface area contributed by atoms with Gasteiger partial charge in [0, 0.05) is 11.1 Å². The van der Waals surface area contributed by atoms with Crippen molar-refractivity contribution in [3.8, 4) is 0 Å². The average Bonchev–Trinajstić information content (AvgIpc) is 3.27. The number of carbonyl (C=O) groups excluding carboxylic acids is 1. The predicted molar refractivity (Wildman–Crippen MR) is 95.7 cm³/mol. The van der Waals surface area contributed by atoms with Gasteiger partial charge in [-0.1, -0.05) is 12.1 Å². The maximum Gasteiger partial charge on any atom is 0.256 e. The van der Waals surface area contributed by atoms with E-state index in [1.165, 1.54) is 12.8 Å². The van der Waals surface area contributed by atoms with E-state index in [-0.39, 0.29) is 5.91 Å². The minimum atomic E-state index is -0.133. The van der Waals surface area contributed by atoms with Crippen LogP contribution in [-0.2, 0) is 6.54 Å². The maximum atomic E-state index is 12.7. The monoisotopic (exact) mass is 351 g/mol. The van der Waals surface area contributed by atoms with E-state index in [1.807, 2.05) is 42.1 Å². The molecule has 2 aromatic heterocycles. The van der Waals surface area contributed by atoms with Gasteiger partial charge in [-0.15, -0.1) is 5.10 Å². The molecule has 1 atom stereocenters. The lowest BCUT2D eigenvalue weighted by Gasteiger charge is -2.16. The molecule has 134 valence electrons. The molecular weight excluding hydrogens is 330 g/mol. The third-order valence-electron chi connectivity index (χ3n) is 4.85. The van der Waals surface area contributed by atoms with Gasteiger partial charge in [-0.2, -0.15) is 5.10 Å². The molecule has 1 aromatic carbocycles. The van der Waals surface area contributed by atoms with Gasteiger partial charge in [-0.05, 0) is 60.7 Å². The number of carbonyl (C=O) groups is 1. The quantitative estimate of drug-likeness (QED) is 0.737. The molecule has 0 unspecified atom stereocenters. The lowest BCUT2D eigenvalue weighted by atomic mass is 10.1. The molecule has 26 heavy (non-hydrogen) atoms. The van der Waals surface area contributed by atoms with Gasteiger partial charge in [0.05, 0.1) is 18.8 Å². The van der Waals surface area contributed by atoms with Gasteiger partial charge in [-0.3, -0.25) is 4.79 Å². The second-order valence-electron chi connectivity index (χ2n) is 6.86. The molecule has 3 aromatic rings. The predicted octanol–water partition coefficient (Wildman–Crippen LogP) is 2.45. The molecule has 2 heterocycles. The molecule has 0 saturated heterocycles. The van der Waals surface area contributed by atoms with Gasteiger partial charge in [0.25, 0.3) is 5.91 Å². The average molecular weight is 351 g/mol. The highest BCUT2D eigenvalue weighted by Gasteiger charge is 2.31. The molecule has 0 aliphatic heterocycles. The molecule has 1 aliphatic rings. The second-order valence-corrected chi connectivity index (χ2v) is 6.86. The number of aryl methyl sites for hydroxylation is 1. The summed E-state index contributed by atoms with van der Waals surface area (Å²) < 4.78 is 3.58. The first-order chi connectivity index (χ1) is 12.6. The Morgan fingerprint density at radius 1 is 1.31 bits per heavy atom. The number of aromatic nitrogens is 6. The summed E-state index contributed by atoms with van der Waals surface area (Å²) >= 11 is 0. The lowest BCUT2D eigenvalue weighted by Crippen LogP contribution is -2.19. The first-order valence-electron chi connectivity index (χ1n) is 8.77. The molecule has 1 saturated carbocycles. The molecular formula is C18H21N7O. The zero-order valence-electron chi connectivity index (χ0n) is 14.8. The fourth-order valence-electron chi connectivity index (χ4n) is 3.07. The minimum Gasteiger partial charge on any atom is -0.307 e. The van der Waals surface area contributed by atoms with Gasteiger partial charge in [0.2, 0.25) is 0 Å². The summed E-state index contributed by atoms with van der Waals surface area (Å²) in [6, 6.07) is 7.75. The zero-order valence-corrected chi connectivity index (χ0v) is 14.8. The zero-order chi connectivity index (χ0) is 18.1. The van der Waals surface area contributed by atoms with E-state index < -0.39 is 0 Å². The van der Waals surface area contributed by atoms with Crippen molar-refractivity contribution >= 4 is 11.7 Å². The Hall–Kier alpha value is -3.03. The highest BCUT2D eigenvalue weighted by Crippen LogP contribution is 2.40. The van der Waals surface area contributed by atoms with E-state index in [4.69, 9.17) is 0 Å². The lowest BCUT2D eigenvalue weighted by molar-refractivity contribution is 0.102. The Morgan fingerprint density at radius 2 is 2.08 bits per heavy atom. The van der Waals surface area contributed by atoms with Crippen molar-refractivity contribution in [2.24, 2.45) is 5.92 Å². The number of nitrogens with zero attached hydrogens (tertiary/aromatic N) is 6. The number of nitrogens with one attached hydrogen (secondary N) is 1. The van der Waals surface area contributed by atoms with Crippen molar-refractivity contribution in [3.05, 3.63) is 53.5 Å². The molecule has 0 spiro atoms. The van der Waals surface area contributed by atoms with E-state index >= 15 is 0 Å². The normalized spacial score (nSPS) is 15.0. The molecule has 8 heteroatoms. The van der Waals surface area contributed by atoms with E-state index in [1.54, 1.807) is 11.0 Å². The van der Waals surface area contributed by atoms with Gasteiger partial charge >= 0.3 is 0 Å². The van der Waals surface area contributed by atoms with Crippen LogP contribution in [-0.4, -0.2) is 35.9 Å². The summed E-state index contributed by atoms with van der Waals surface area (Å²) in [7, 11) is 0. The Morgan fingerprint density at radius 3 is 2.73 bits per heavy atom. The number of tetrazole rings is 1. The van der Waals surface area contributed by atoms with Crippen LogP contribution in [0, 0.1) is 12.8 Å². The second kappa shape index (κ2) is 6.70. The van der Waals surface area contributed by atoms with Gasteiger partial charge in [-0.25, -0.2) is 9.36 Å². The van der Waals surface area contributed by atoms with Crippen LogP contribution in [0.5, 0.6) is 0 Å². The van der Waals surface area contributed by atoms with Crippen LogP contribution in [0.1, 0.15) is 47.3 Å². The minimum absolute atomic E-state index is 0.133. The molecule has 4 rings (SSSR count). The third-order valence-corrected chi connectivity index (χ3v) is 4.85. The van der Waals surface area contributed by atoms with E-state index in [0.717, 1.165) is 16.9 Å². The Bertz CT molecular complexity index is 894. The summed E-state index contributed by atoms with van der Waals surface area (Å²) in [5.74, 6) is 1.31. The Balaban J connectivity index is 1.47. The number of rotatable bonds is 6. The number of benzene rings is 1. The SMILES string of the molecule is Cc1cnn([C@H](C)C2CC2)c1NC(=O)c1ccc(Cn2cnnn2)cc1. The van der Waals surface area contributed by atoms with Crippen LogP contribution in [0.4, 0.5) is 5.82 Å². The molecule has 1 fully saturated rings. The summed E-state index contributed by atoms with van der Waals surface area (Å²) in [4.78, 5) is 12.7. The fourth-order valence-corrected chi connectivity index (χ4v) is 3.07. The number of hydrogen-bond acceptors (Lipinski definition) is 5. The summed E-state index contributed by atoms with van der Waals surface area (Å²) in [5.41, 5.74) is 2.61. The van der Waals surface area contributed by atoms with Gasteiger partial charge in [0.15, 0.2) is 0 Å². The number of anilines is 1. The summed E-state index contributed by atoms with van der Waals surface area (Å²) in [5, 5.41) is 18.6. The summed E-state index contributed by atoms with van der Waals surface area (Å²) in [6.45, 7) is 4.70. The highest BCUT2D eigenvalue weighted by molar-refractivity contribution is 6.04. The van der Waals surface area contributed by atoms with Crippen molar-refractivity contribution in [1.29, 1.82) is 0 Å². The van der Waals surface area contributed by atoms with Crippen LogP contribution in [0.15, 0.2) is 36.8 Å². The van der Waals surface area contributed by atoms with Crippen molar-refractivity contribution in [3.63, 3.8) is 0 Å². The van der Waals surface area contributed by atoms with Crippen LogP contribution >= 0.6 is 0 Å². The maximum absolute atomic E-state index is 12.7. The van der Waals surface area contributed by atoms with Crippen LogP contribution in [0.2, 0.25) is 0 Å². The van der Waals surface area contributed by atoms with Crippen LogP contribution in [0.25, 0.3) is 0 Å². The van der Waals surface area contributed by atoms with Crippen LogP contribution < -0.4 is 5.32 Å². The third kappa shape index (κ3) is 3.35. The van der Waals surface area contributed by atoms with Crippen LogP contribution in [0.3, 0.4) is 0 Å². The van der Waals surface area contributed by atoms with E-state index in [9.17, 15) is 4.79 Å². The van der Waals surface area contributed by atoms with Crippen molar-refractivity contribution in [2.45, 2.75) is 39.3 Å². The molecule has 0 radical (unpaired) electrons. The largest absolute Gasteiger partial charge is 0.307 e. The van der Waals surface area contributed by atoms with Gasteiger partial charge in [0.1, 0.15) is 12.1 Å². The smallest absolute Gasteiger partial charge is 0.256 e. The Labute approximate surface area is 151 Å². The Kier molecular flexibility index (Phi) is 4.24. The van der Waals surface area contributed by atoms with Crippen molar-refractivity contribution in [1.82, 2.24) is 30.0 Å². The topological polar surface area (TPSA) is 90.5 Å². The first-order valence-corrected chi connectivity index (χ1v) is 8.77. The number of amides is 1. The fraction of sp³-hybridized carbons (Fsp3) is 0.389. The highest BCUT2D eigenvalue weighted by atomic mass is 16.1. The molecule has 8 nitrogen and oxygen atoms in total. The van der Waals surface area contributed by atoms with Crippen molar-refractivity contribution < 1.29 is 4.79 Å². The van der Waals surface area contributed by atoms with E-state index in [0.29, 0.717) is 24.1 Å². The molecule has 1 aliphatic carbocycles. The first kappa shape index (κ1) is 16.4. The molecule has 1 amide bonds.